The van der Waals surface area contributed by atoms with Crippen LogP contribution in [0.2, 0.25) is 0 Å². The molecule has 0 N–H and O–H groups in total. The number of furan rings is 1. The largest absolute Gasteiger partial charge is 0.497 e. The van der Waals surface area contributed by atoms with Gasteiger partial charge in [0, 0.05) is 23.3 Å². The molecular formula is C22H16N2O5S2. The molecule has 2 heterocycles. The highest BCUT2D eigenvalue weighted by molar-refractivity contribution is 8.27. The van der Waals surface area contributed by atoms with Crippen LogP contribution in [0.5, 0.6) is 5.75 Å². The maximum atomic E-state index is 12.9. The molecule has 4 rings (SSSR count). The van der Waals surface area contributed by atoms with Crippen LogP contribution in [0.25, 0.3) is 17.4 Å². The van der Waals surface area contributed by atoms with E-state index in [1.54, 1.807) is 68.6 Å². The second-order valence-electron chi connectivity index (χ2n) is 6.68. The fraction of sp³-hybridized carbons (Fsp3) is 0.0909. The van der Waals surface area contributed by atoms with Crippen LogP contribution in [-0.4, -0.2) is 22.3 Å². The van der Waals surface area contributed by atoms with E-state index in [4.69, 9.17) is 21.4 Å². The predicted octanol–water partition coefficient (Wildman–Crippen LogP) is 5.58. The summed E-state index contributed by atoms with van der Waals surface area (Å²) in [5.41, 5.74) is 1.97. The van der Waals surface area contributed by atoms with E-state index in [9.17, 15) is 14.9 Å². The van der Waals surface area contributed by atoms with Crippen LogP contribution >= 0.6 is 24.0 Å². The molecule has 3 aromatic rings. The average molecular weight is 453 g/mol. The van der Waals surface area contributed by atoms with Gasteiger partial charge in [-0.05, 0) is 55.5 Å². The van der Waals surface area contributed by atoms with Crippen molar-refractivity contribution in [1.29, 1.82) is 0 Å². The van der Waals surface area contributed by atoms with Crippen LogP contribution in [-0.2, 0) is 4.79 Å². The van der Waals surface area contributed by atoms with Crippen LogP contribution in [0.4, 0.5) is 11.4 Å². The second kappa shape index (κ2) is 8.37. The predicted molar refractivity (Wildman–Crippen MR) is 124 cm³/mol. The van der Waals surface area contributed by atoms with Crippen LogP contribution in [0.3, 0.4) is 0 Å². The van der Waals surface area contributed by atoms with Crippen molar-refractivity contribution < 1.29 is 18.9 Å². The van der Waals surface area contributed by atoms with Gasteiger partial charge in [0.2, 0.25) is 0 Å². The number of thioether (sulfide) groups is 1. The minimum Gasteiger partial charge on any atom is -0.497 e. The Bertz CT molecular complexity index is 1230. The van der Waals surface area contributed by atoms with E-state index < -0.39 is 4.92 Å². The van der Waals surface area contributed by atoms with Crippen molar-refractivity contribution in [1.82, 2.24) is 0 Å². The first-order chi connectivity index (χ1) is 14.9. The lowest BCUT2D eigenvalue weighted by molar-refractivity contribution is -0.385. The molecule has 0 saturated carbocycles. The van der Waals surface area contributed by atoms with Gasteiger partial charge in [0.05, 0.1) is 22.6 Å². The summed E-state index contributed by atoms with van der Waals surface area (Å²) in [5, 5.41) is 11.0. The number of thiocarbonyl (C=S) groups is 1. The van der Waals surface area contributed by atoms with Gasteiger partial charge in [0.25, 0.3) is 11.6 Å². The lowest BCUT2D eigenvalue weighted by Crippen LogP contribution is -2.27. The minimum atomic E-state index is -0.419. The summed E-state index contributed by atoms with van der Waals surface area (Å²) in [6.07, 6.45) is 1.64. The molecule has 0 unspecified atom stereocenters. The van der Waals surface area contributed by atoms with E-state index in [0.717, 1.165) is 0 Å². The Balaban J connectivity index is 1.58. The minimum absolute atomic E-state index is 0.0535. The monoisotopic (exact) mass is 452 g/mol. The highest BCUT2D eigenvalue weighted by Crippen LogP contribution is 2.37. The first kappa shape index (κ1) is 20.8. The summed E-state index contributed by atoms with van der Waals surface area (Å²) in [4.78, 5) is 25.4. The summed E-state index contributed by atoms with van der Waals surface area (Å²) in [7, 11) is 1.58. The van der Waals surface area contributed by atoms with Gasteiger partial charge in [-0.2, -0.15) is 0 Å². The molecule has 0 atom stereocenters. The van der Waals surface area contributed by atoms with Crippen molar-refractivity contribution in [3.05, 3.63) is 80.9 Å². The summed E-state index contributed by atoms with van der Waals surface area (Å²) in [5.74, 6) is 1.50. The number of hydrogen-bond acceptors (Lipinski definition) is 7. The topological polar surface area (TPSA) is 85.8 Å². The Morgan fingerprint density at radius 3 is 2.55 bits per heavy atom. The number of aryl methyl sites for hydroxylation is 1. The standard InChI is InChI=1S/C22H16N2O5S2/c1-13-11-14(3-9-18(13)24(26)27)19-10-8-17(29-19)12-20-21(25)23(22(30)31-20)15-4-6-16(28-2)7-5-15/h3-12H,1-2H3. The summed E-state index contributed by atoms with van der Waals surface area (Å²) < 4.78 is 11.4. The molecular weight excluding hydrogens is 436 g/mol. The van der Waals surface area contributed by atoms with Crippen LogP contribution in [0, 0.1) is 17.0 Å². The maximum Gasteiger partial charge on any atom is 0.272 e. The molecule has 1 saturated heterocycles. The third-order valence-electron chi connectivity index (χ3n) is 4.70. The van der Waals surface area contributed by atoms with E-state index >= 15 is 0 Å². The molecule has 0 radical (unpaired) electrons. The number of nitrogens with zero attached hydrogens (tertiary/aromatic N) is 2. The Morgan fingerprint density at radius 2 is 1.90 bits per heavy atom. The Morgan fingerprint density at radius 1 is 1.16 bits per heavy atom. The number of carbonyl (C=O) groups excluding carboxylic acids is 1. The molecule has 1 aliphatic heterocycles. The number of anilines is 1. The third kappa shape index (κ3) is 4.10. The second-order valence-corrected chi connectivity index (χ2v) is 8.35. The van der Waals surface area contributed by atoms with Gasteiger partial charge in [0.15, 0.2) is 4.32 Å². The van der Waals surface area contributed by atoms with E-state index in [-0.39, 0.29) is 11.6 Å². The van der Waals surface area contributed by atoms with Gasteiger partial charge in [-0.25, -0.2) is 0 Å². The van der Waals surface area contributed by atoms with Gasteiger partial charge < -0.3 is 9.15 Å². The van der Waals surface area contributed by atoms with Crippen LogP contribution < -0.4 is 9.64 Å². The van der Waals surface area contributed by atoms with Crippen molar-refractivity contribution in [2.45, 2.75) is 6.92 Å². The summed E-state index contributed by atoms with van der Waals surface area (Å²) in [6, 6.07) is 15.4. The molecule has 0 aliphatic carbocycles. The molecule has 9 heteroatoms. The molecule has 31 heavy (non-hydrogen) atoms. The van der Waals surface area contributed by atoms with Gasteiger partial charge in [-0.3, -0.25) is 19.8 Å². The zero-order chi connectivity index (χ0) is 22.1. The molecule has 156 valence electrons. The first-order valence-electron chi connectivity index (χ1n) is 9.14. The number of methoxy groups -OCH3 is 1. The number of benzene rings is 2. The first-order valence-corrected chi connectivity index (χ1v) is 10.4. The number of nitro benzene ring substituents is 1. The highest BCUT2D eigenvalue weighted by Gasteiger charge is 2.33. The average Bonchev–Trinajstić information content (AvgIpc) is 3.32. The van der Waals surface area contributed by atoms with E-state index in [1.165, 1.54) is 22.7 Å². The number of ether oxygens (including phenoxy) is 1. The van der Waals surface area contributed by atoms with Crippen molar-refractivity contribution in [2.75, 3.05) is 12.0 Å². The molecule has 2 aromatic carbocycles. The SMILES string of the molecule is COc1ccc(N2C(=O)C(=Cc3ccc(-c4ccc([N+](=O)[O-])c(C)c4)o3)SC2=S)cc1. The van der Waals surface area contributed by atoms with Gasteiger partial charge in [-0.1, -0.05) is 24.0 Å². The zero-order valence-corrected chi connectivity index (χ0v) is 18.2. The quantitative estimate of drug-likeness (QED) is 0.216. The Hall–Kier alpha value is -3.43. The van der Waals surface area contributed by atoms with E-state index in [2.05, 4.69) is 0 Å². The Kier molecular flexibility index (Phi) is 5.62. The van der Waals surface area contributed by atoms with Gasteiger partial charge >= 0.3 is 0 Å². The number of hydrogen-bond donors (Lipinski definition) is 0. The number of rotatable bonds is 5. The van der Waals surface area contributed by atoms with Crippen molar-refractivity contribution >= 4 is 51.7 Å². The van der Waals surface area contributed by atoms with Crippen molar-refractivity contribution in [3.63, 3.8) is 0 Å². The van der Waals surface area contributed by atoms with E-state index in [1.807, 2.05) is 0 Å². The lowest BCUT2D eigenvalue weighted by Gasteiger charge is -2.14. The molecule has 7 nitrogen and oxygen atoms in total. The normalized spacial score (nSPS) is 15.0. The molecule has 1 aromatic heterocycles. The summed E-state index contributed by atoms with van der Waals surface area (Å²) >= 11 is 6.59. The Labute approximate surface area is 187 Å². The molecule has 1 aliphatic rings. The van der Waals surface area contributed by atoms with Gasteiger partial charge in [0.1, 0.15) is 17.3 Å². The zero-order valence-electron chi connectivity index (χ0n) is 16.5. The summed E-state index contributed by atoms with van der Waals surface area (Å²) in [6.45, 7) is 1.68. The van der Waals surface area contributed by atoms with E-state index in [0.29, 0.717) is 43.3 Å². The molecule has 0 bridgehead atoms. The smallest absolute Gasteiger partial charge is 0.272 e. The molecule has 0 spiro atoms. The molecule has 1 fully saturated rings. The highest BCUT2D eigenvalue weighted by atomic mass is 32.2. The third-order valence-corrected chi connectivity index (χ3v) is 6.00. The maximum absolute atomic E-state index is 12.9. The van der Waals surface area contributed by atoms with Crippen molar-refractivity contribution in [2.24, 2.45) is 0 Å². The van der Waals surface area contributed by atoms with Crippen molar-refractivity contribution in [3.8, 4) is 17.1 Å². The van der Waals surface area contributed by atoms with Crippen LogP contribution in [0.15, 0.2) is 63.9 Å². The number of carbonyl (C=O) groups is 1. The van der Waals surface area contributed by atoms with Crippen LogP contribution in [0.1, 0.15) is 11.3 Å². The fourth-order valence-corrected chi connectivity index (χ4v) is 4.43. The number of nitro groups is 1. The van der Waals surface area contributed by atoms with Gasteiger partial charge in [-0.15, -0.1) is 0 Å². The lowest BCUT2D eigenvalue weighted by atomic mass is 10.1. The number of amides is 1. The fourth-order valence-electron chi connectivity index (χ4n) is 3.15. The molecule has 1 amide bonds.